The third-order valence-corrected chi connectivity index (χ3v) is 4.80. The Labute approximate surface area is 162 Å². The number of phenols is 1. The number of aromatic amines is 1. The van der Waals surface area contributed by atoms with Crippen molar-refractivity contribution in [2.24, 2.45) is 5.73 Å². The fourth-order valence-corrected chi connectivity index (χ4v) is 3.44. The summed E-state index contributed by atoms with van der Waals surface area (Å²) < 4.78 is 1.92. The second kappa shape index (κ2) is 6.77. The molecule has 0 aliphatic heterocycles. The molecule has 5 N–H and O–H groups in total. The van der Waals surface area contributed by atoms with E-state index in [9.17, 15) is 5.11 Å². The fourth-order valence-electron chi connectivity index (χ4n) is 3.44. The van der Waals surface area contributed by atoms with Gasteiger partial charge in [0.25, 0.3) is 0 Å². The van der Waals surface area contributed by atoms with Crippen LogP contribution in [0.5, 0.6) is 5.75 Å². The molecule has 0 spiro atoms. The van der Waals surface area contributed by atoms with Gasteiger partial charge in [-0.15, -0.1) is 10.2 Å². The number of H-pyrrole nitrogens is 1. The number of nitrogens with one attached hydrogen (secondary N) is 2. The van der Waals surface area contributed by atoms with Gasteiger partial charge in [-0.1, -0.05) is 19.6 Å². The summed E-state index contributed by atoms with van der Waals surface area (Å²) in [4.78, 5) is 3.23. The van der Waals surface area contributed by atoms with Crippen molar-refractivity contribution in [1.82, 2.24) is 19.7 Å². The summed E-state index contributed by atoms with van der Waals surface area (Å²) in [5, 5.41) is 23.0. The summed E-state index contributed by atoms with van der Waals surface area (Å²) in [5.74, 6) is 1.70. The monoisotopic (exact) mass is 374 g/mol. The number of nitrogens with zero attached hydrogens (tertiary/aromatic N) is 3. The van der Waals surface area contributed by atoms with E-state index in [0.717, 1.165) is 33.3 Å². The van der Waals surface area contributed by atoms with Gasteiger partial charge >= 0.3 is 0 Å². The van der Waals surface area contributed by atoms with Crippen LogP contribution < -0.4 is 11.1 Å². The highest BCUT2D eigenvalue weighted by Crippen LogP contribution is 2.34. The minimum Gasteiger partial charge on any atom is -0.508 e. The van der Waals surface area contributed by atoms with Crippen molar-refractivity contribution < 1.29 is 5.11 Å². The number of aromatic hydroxyl groups is 1. The number of nitrogens with two attached hydrogens (primary N) is 1. The summed E-state index contributed by atoms with van der Waals surface area (Å²) in [6.45, 7) is 7.67. The zero-order valence-electron chi connectivity index (χ0n) is 15.8. The van der Waals surface area contributed by atoms with Crippen LogP contribution in [-0.2, 0) is 6.42 Å². The van der Waals surface area contributed by atoms with Crippen LogP contribution in [0.4, 0.5) is 5.95 Å². The number of benzene rings is 2. The molecular weight excluding hydrogens is 352 g/mol. The van der Waals surface area contributed by atoms with Crippen LogP contribution in [0.15, 0.2) is 55.0 Å². The maximum Gasteiger partial charge on any atom is 0.235 e. The van der Waals surface area contributed by atoms with Crippen LogP contribution in [0.2, 0.25) is 0 Å². The Balaban J connectivity index is 2.02. The first-order valence-electron chi connectivity index (χ1n) is 9.05. The van der Waals surface area contributed by atoms with Crippen LogP contribution in [0.1, 0.15) is 18.1 Å². The molecule has 4 rings (SSSR count). The summed E-state index contributed by atoms with van der Waals surface area (Å²) in [7, 11) is 0. The molecule has 0 fully saturated rings. The number of rotatable bonds is 5. The zero-order chi connectivity index (χ0) is 19.8. The third kappa shape index (κ3) is 2.87. The van der Waals surface area contributed by atoms with Gasteiger partial charge in [0.05, 0.1) is 11.5 Å². The van der Waals surface area contributed by atoms with Gasteiger partial charge in [0, 0.05) is 22.7 Å². The molecule has 0 unspecified atom stereocenters. The highest BCUT2D eigenvalue weighted by atomic mass is 16.3. The predicted octanol–water partition coefficient (Wildman–Crippen LogP) is 3.83. The van der Waals surface area contributed by atoms with Crippen molar-refractivity contribution in [3.05, 3.63) is 66.1 Å². The molecule has 142 valence electrons. The molecule has 7 heteroatoms. The Morgan fingerprint density at radius 3 is 2.86 bits per heavy atom. The molecule has 0 aliphatic carbocycles. The van der Waals surface area contributed by atoms with E-state index in [-0.39, 0.29) is 11.6 Å². The Morgan fingerprint density at radius 2 is 2.11 bits per heavy atom. The van der Waals surface area contributed by atoms with E-state index in [2.05, 4.69) is 27.1 Å². The highest BCUT2D eigenvalue weighted by Gasteiger charge is 2.20. The Morgan fingerprint density at radius 1 is 1.29 bits per heavy atom. The fraction of sp³-hybridized carbons (Fsp3) is 0.143. The summed E-state index contributed by atoms with van der Waals surface area (Å²) in [5.41, 5.74) is 10.4. The molecule has 0 amide bonds. The maximum atomic E-state index is 10.2. The van der Waals surface area contributed by atoms with Crippen LogP contribution >= 0.6 is 0 Å². The standard InChI is InChI=1S/C21H22N6O/c1-4-14-11-16(12(2)10-19(14)28)20-25-26-21(24-13(3)22)27(20)18-7-5-6-17-15(18)8-9-23-17/h5-11,23,28H,3-4,22H2,1-2H3,(H,24,26). The van der Waals surface area contributed by atoms with E-state index < -0.39 is 0 Å². The second-order valence-electron chi connectivity index (χ2n) is 6.70. The molecule has 0 atom stereocenters. The Kier molecular flexibility index (Phi) is 4.27. The largest absolute Gasteiger partial charge is 0.508 e. The molecule has 7 nitrogen and oxygen atoms in total. The average Bonchev–Trinajstić information content (AvgIpc) is 3.28. The van der Waals surface area contributed by atoms with Crippen molar-refractivity contribution in [3.8, 4) is 22.8 Å². The van der Waals surface area contributed by atoms with Crippen molar-refractivity contribution in [2.45, 2.75) is 20.3 Å². The lowest BCUT2D eigenvalue weighted by Crippen LogP contribution is -2.12. The molecular formula is C21H22N6O. The van der Waals surface area contributed by atoms with E-state index in [1.165, 1.54) is 0 Å². The first-order chi connectivity index (χ1) is 13.5. The molecule has 2 heterocycles. The smallest absolute Gasteiger partial charge is 0.235 e. The lowest BCUT2D eigenvalue weighted by molar-refractivity contribution is 0.468. The van der Waals surface area contributed by atoms with Gasteiger partial charge in [0.2, 0.25) is 5.95 Å². The van der Waals surface area contributed by atoms with Crippen LogP contribution in [-0.4, -0.2) is 24.9 Å². The molecule has 0 saturated carbocycles. The van der Waals surface area contributed by atoms with Gasteiger partial charge in [-0.05, 0) is 54.8 Å². The number of phenolic OH excluding ortho intramolecular Hbond substituents is 1. The number of hydrogen-bond acceptors (Lipinski definition) is 5. The van der Waals surface area contributed by atoms with Crippen molar-refractivity contribution >= 4 is 16.9 Å². The van der Waals surface area contributed by atoms with Crippen molar-refractivity contribution in [2.75, 3.05) is 5.32 Å². The number of fused-ring (bicyclic) bond motifs is 1. The zero-order valence-corrected chi connectivity index (χ0v) is 15.8. The number of hydrogen-bond donors (Lipinski definition) is 4. The van der Waals surface area contributed by atoms with Gasteiger partial charge in [0.1, 0.15) is 5.75 Å². The van der Waals surface area contributed by atoms with E-state index in [0.29, 0.717) is 18.2 Å². The second-order valence-corrected chi connectivity index (χ2v) is 6.70. The Bertz CT molecular complexity index is 1190. The van der Waals surface area contributed by atoms with Crippen LogP contribution in [0, 0.1) is 6.92 Å². The lowest BCUT2D eigenvalue weighted by Gasteiger charge is -2.15. The van der Waals surface area contributed by atoms with Gasteiger partial charge in [-0.2, -0.15) is 0 Å². The maximum absolute atomic E-state index is 10.2. The molecule has 0 radical (unpaired) electrons. The first-order valence-corrected chi connectivity index (χ1v) is 9.05. The minimum absolute atomic E-state index is 0.276. The van der Waals surface area contributed by atoms with Crippen molar-refractivity contribution in [1.29, 1.82) is 0 Å². The molecule has 28 heavy (non-hydrogen) atoms. The lowest BCUT2D eigenvalue weighted by atomic mass is 10.0. The Hall–Kier alpha value is -3.74. The molecule has 2 aromatic carbocycles. The predicted molar refractivity (Wildman–Crippen MR) is 111 cm³/mol. The normalized spacial score (nSPS) is 11.1. The van der Waals surface area contributed by atoms with Crippen LogP contribution in [0.25, 0.3) is 28.0 Å². The van der Waals surface area contributed by atoms with E-state index in [1.807, 2.05) is 54.9 Å². The molecule has 0 saturated heterocycles. The van der Waals surface area contributed by atoms with E-state index in [1.54, 1.807) is 6.07 Å². The topological polar surface area (TPSA) is 105 Å². The summed E-state index contributed by atoms with van der Waals surface area (Å²) in [6.07, 6.45) is 2.61. The van der Waals surface area contributed by atoms with Gasteiger partial charge < -0.3 is 21.1 Å². The van der Waals surface area contributed by atoms with E-state index in [4.69, 9.17) is 5.73 Å². The highest BCUT2D eigenvalue weighted by molar-refractivity contribution is 5.89. The first kappa shape index (κ1) is 17.7. The van der Waals surface area contributed by atoms with Crippen LogP contribution in [0.3, 0.4) is 0 Å². The van der Waals surface area contributed by atoms with Crippen molar-refractivity contribution in [3.63, 3.8) is 0 Å². The summed E-state index contributed by atoms with van der Waals surface area (Å²) >= 11 is 0. The summed E-state index contributed by atoms with van der Waals surface area (Å²) in [6, 6.07) is 11.7. The van der Waals surface area contributed by atoms with Gasteiger partial charge in [0.15, 0.2) is 5.82 Å². The SMILES string of the molecule is C=C(N)Nc1nnc(-c2cc(CC)c(O)cc2C)n1-c1cccc2[nH]ccc12. The quantitative estimate of drug-likeness (QED) is 0.425. The number of aromatic nitrogens is 4. The minimum atomic E-state index is 0.276. The average molecular weight is 374 g/mol. The third-order valence-electron chi connectivity index (χ3n) is 4.80. The van der Waals surface area contributed by atoms with E-state index >= 15 is 0 Å². The van der Waals surface area contributed by atoms with Gasteiger partial charge in [-0.3, -0.25) is 4.57 Å². The molecule has 4 aromatic rings. The molecule has 0 bridgehead atoms. The van der Waals surface area contributed by atoms with Gasteiger partial charge in [-0.25, -0.2) is 0 Å². The number of anilines is 1. The molecule has 0 aliphatic rings. The number of aryl methyl sites for hydroxylation is 2. The molecule has 2 aromatic heterocycles.